The summed E-state index contributed by atoms with van der Waals surface area (Å²) >= 11 is 0. The number of carboxylic acids is 1. The highest BCUT2D eigenvalue weighted by molar-refractivity contribution is 5.95. The fraction of sp³-hybridized carbons (Fsp3) is 0.222. The Bertz CT molecular complexity index is 416. The Labute approximate surface area is 84.7 Å². The summed E-state index contributed by atoms with van der Waals surface area (Å²) in [6.07, 6.45) is 1.00. The quantitative estimate of drug-likeness (QED) is 0.747. The molecule has 1 rings (SSSR count). The van der Waals surface area contributed by atoms with E-state index in [4.69, 9.17) is 5.11 Å². The highest BCUT2D eigenvalue weighted by Crippen LogP contribution is 2.00. The summed E-state index contributed by atoms with van der Waals surface area (Å²) in [6.45, 7) is -0.405. The molecule has 0 atom stereocenters. The molecule has 1 aromatic rings. The third-order valence-electron chi connectivity index (χ3n) is 1.67. The first-order chi connectivity index (χ1) is 7.00. The van der Waals surface area contributed by atoms with Crippen LogP contribution in [0.4, 0.5) is 0 Å². The predicted octanol–water partition coefficient (Wildman–Crippen LogP) is -0.204. The second-order valence-electron chi connectivity index (χ2n) is 2.90. The van der Waals surface area contributed by atoms with E-state index in [-0.39, 0.29) is 5.56 Å². The first kappa shape index (κ1) is 11.0. The van der Waals surface area contributed by atoms with E-state index in [1.165, 1.54) is 13.1 Å². The van der Waals surface area contributed by atoms with Crippen molar-refractivity contribution < 1.29 is 19.1 Å². The van der Waals surface area contributed by atoms with Crippen LogP contribution in [0.5, 0.6) is 0 Å². The topological polar surface area (TPSA) is 87.8 Å². The van der Waals surface area contributed by atoms with Gasteiger partial charge in [-0.25, -0.2) is 4.79 Å². The van der Waals surface area contributed by atoms with Crippen molar-refractivity contribution in [2.45, 2.75) is 0 Å². The zero-order valence-corrected chi connectivity index (χ0v) is 7.97. The minimum atomic E-state index is -1.11. The fourth-order valence-electron chi connectivity index (χ4n) is 0.975. The van der Waals surface area contributed by atoms with Gasteiger partial charge >= 0.3 is 11.6 Å². The van der Waals surface area contributed by atoms with Crippen molar-refractivity contribution >= 4 is 11.9 Å². The molecule has 1 amide bonds. The van der Waals surface area contributed by atoms with E-state index in [0.29, 0.717) is 0 Å². The first-order valence-corrected chi connectivity index (χ1v) is 4.07. The molecule has 0 spiro atoms. The minimum absolute atomic E-state index is 0.137. The van der Waals surface area contributed by atoms with Crippen molar-refractivity contribution in [3.63, 3.8) is 0 Å². The average molecular weight is 211 g/mol. The van der Waals surface area contributed by atoms with Gasteiger partial charge in [0.2, 0.25) is 0 Å². The van der Waals surface area contributed by atoms with Gasteiger partial charge in [0.25, 0.3) is 5.91 Å². The summed E-state index contributed by atoms with van der Waals surface area (Å²) in [5.41, 5.74) is -0.425. The standard InChI is InChI=1S/C9H9NO5/c1-10(4-7(11)12)9(14)6-2-3-8(13)15-5-6/h2-3,5H,4H2,1H3,(H,11,12). The summed E-state index contributed by atoms with van der Waals surface area (Å²) < 4.78 is 4.48. The van der Waals surface area contributed by atoms with Crippen LogP contribution in [0.1, 0.15) is 10.4 Å². The molecular weight excluding hydrogens is 202 g/mol. The average Bonchev–Trinajstić information content (AvgIpc) is 2.17. The van der Waals surface area contributed by atoms with Crippen LogP contribution in [0.2, 0.25) is 0 Å². The molecule has 15 heavy (non-hydrogen) atoms. The number of nitrogens with zero attached hydrogens (tertiary/aromatic N) is 1. The summed E-state index contributed by atoms with van der Waals surface area (Å²) in [5.74, 6) is -1.62. The summed E-state index contributed by atoms with van der Waals surface area (Å²) in [7, 11) is 1.35. The fourth-order valence-corrected chi connectivity index (χ4v) is 0.975. The Morgan fingerprint density at radius 2 is 2.13 bits per heavy atom. The SMILES string of the molecule is CN(CC(=O)O)C(=O)c1ccc(=O)oc1. The van der Waals surface area contributed by atoms with Gasteiger partial charge in [-0.15, -0.1) is 0 Å². The number of carbonyl (C=O) groups is 2. The van der Waals surface area contributed by atoms with E-state index < -0.39 is 24.0 Å². The van der Waals surface area contributed by atoms with Gasteiger partial charge in [0.15, 0.2) is 0 Å². The van der Waals surface area contributed by atoms with Crippen molar-refractivity contribution in [2.75, 3.05) is 13.6 Å². The lowest BCUT2D eigenvalue weighted by molar-refractivity contribution is -0.137. The van der Waals surface area contributed by atoms with Crippen molar-refractivity contribution in [1.29, 1.82) is 0 Å². The van der Waals surface area contributed by atoms with Crippen molar-refractivity contribution in [3.05, 3.63) is 34.4 Å². The summed E-state index contributed by atoms with van der Waals surface area (Å²) in [5, 5.41) is 8.46. The molecule has 0 aromatic carbocycles. The number of hydrogen-bond donors (Lipinski definition) is 1. The number of amides is 1. The zero-order valence-electron chi connectivity index (χ0n) is 7.97. The molecule has 0 aliphatic rings. The molecule has 0 bridgehead atoms. The van der Waals surface area contributed by atoms with Crippen LogP contribution in [-0.4, -0.2) is 35.5 Å². The van der Waals surface area contributed by atoms with Gasteiger partial charge in [0.05, 0.1) is 5.56 Å². The molecule has 0 saturated carbocycles. The van der Waals surface area contributed by atoms with E-state index >= 15 is 0 Å². The van der Waals surface area contributed by atoms with E-state index in [9.17, 15) is 14.4 Å². The molecule has 0 saturated heterocycles. The first-order valence-electron chi connectivity index (χ1n) is 4.07. The Hall–Kier alpha value is -2.11. The molecule has 6 nitrogen and oxygen atoms in total. The number of rotatable bonds is 3. The van der Waals surface area contributed by atoms with Crippen LogP contribution < -0.4 is 5.63 Å². The highest BCUT2D eigenvalue weighted by atomic mass is 16.4. The van der Waals surface area contributed by atoms with E-state index in [1.807, 2.05) is 0 Å². The maximum absolute atomic E-state index is 11.5. The lowest BCUT2D eigenvalue weighted by Crippen LogP contribution is -2.32. The van der Waals surface area contributed by atoms with Gasteiger partial charge in [-0.3, -0.25) is 9.59 Å². The Morgan fingerprint density at radius 3 is 2.60 bits per heavy atom. The number of aliphatic carboxylic acids is 1. The normalized spacial score (nSPS) is 9.67. The molecule has 1 N–H and O–H groups in total. The molecule has 0 unspecified atom stereocenters. The van der Waals surface area contributed by atoms with Crippen LogP contribution in [0.25, 0.3) is 0 Å². The van der Waals surface area contributed by atoms with Crippen molar-refractivity contribution in [1.82, 2.24) is 4.90 Å². The lowest BCUT2D eigenvalue weighted by atomic mass is 10.2. The van der Waals surface area contributed by atoms with Crippen LogP contribution in [0.3, 0.4) is 0 Å². The summed E-state index contributed by atoms with van der Waals surface area (Å²) in [6, 6.07) is 2.38. The predicted molar refractivity (Wildman–Crippen MR) is 49.6 cm³/mol. The molecule has 1 aromatic heterocycles. The Kier molecular flexibility index (Phi) is 3.22. The van der Waals surface area contributed by atoms with Crippen molar-refractivity contribution in [3.8, 4) is 0 Å². The molecule has 80 valence electrons. The molecule has 0 fully saturated rings. The van der Waals surface area contributed by atoms with E-state index in [0.717, 1.165) is 17.2 Å². The van der Waals surface area contributed by atoms with Crippen molar-refractivity contribution in [2.24, 2.45) is 0 Å². The maximum atomic E-state index is 11.5. The van der Waals surface area contributed by atoms with E-state index in [1.54, 1.807) is 0 Å². The highest BCUT2D eigenvalue weighted by Gasteiger charge is 2.14. The molecule has 1 heterocycles. The third-order valence-corrected chi connectivity index (χ3v) is 1.67. The number of likely N-dealkylation sites (N-methyl/N-ethyl adjacent to an activating group) is 1. The van der Waals surface area contributed by atoms with Crippen LogP contribution in [0.15, 0.2) is 27.6 Å². The number of carbonyl (C=O) groups excluding carboxylic acids is 1. The van der Waals surface area contributed by atoms with E-state index in [2.05, 4.69) is 4.42 Å². The molecule has 0 aliphatic heterocycles. The molecule has 0 aliphatic carbocycles. The van der Waals surface area contributed by atoms with Gasteiger partial charge in [0, 0.05) is 13.1 Å². The van der Waals surface area contributed by atoms with Crippen LogP contribution in [-0.2, 0) is 4.79 Å². The molecule has 0 radical (unpaired) electrons. The molecular formula is C9H9NO5. The second-order valence-corrected chi connectivity index (χ2v) is 2.90. The van der Waals surface area contributed by atoms with Gasteiger partial charge in [-0.1, -0.05) is 0 Å². The smallest absolute Gasteiger partial charge is 0.335 e. The Balaban J connectivity index is 2.80. The molecule has 6 heteroatoms. The lowest BCUT2D eigenvalue weighted by Gasteiger charge is -2.13. The summed E-state index contributed by atoms with van der Waals surface area (Å²) in [4.78, 5) is 33.4. The van der Waals surface area contributed by atoms with Gasteiger partial charge in [0.1, 0.15) is 12.8 Å². The Morgan fingerprint density at radius 1 is 1.47 bits per heavy atom. The van der Waals surface area contributed by atoms with Crippen LogP contribution >= 0.6 is 0 Å². The largest absolute Gasteiger partial charge is 0.480 e. The van der Waals surface area contributed by atoms with Gasteiger partial charge in [-0.2, -0.15) is 0 Å². The number of carboxylic acid groups (broad SMARTS) is 1. The van der Waals surface area contributed by atoms with Gasteiger partial charge < -0.3 is 14.4 Å². The second kappa shape index (κ2) is 4.41. The van der Waals surface area contributed by atoms with Crippen LogP contribution in [0, 0.1) is 0 Å². The third kappa shape index (κ3) is 2.94. The van der Waals surface area contributed by atoms with Gasteiger partial charge in [-0.05, 0) is 6.07 Å². The number of hydrogen-bond acceptors (Lipinski definition) is 4. The monoisotopic (exact) mass is 211 g/mol. The zero-order chi connectivity index (χ0) is 11.4. The minimum Gasteiger partial charge on any atom is -0.480 e. The maximum Gasteiger partial charge on any atom is 0.335 e.